The minimum atomic E-state index is -1.23. The van der Waals surface area contributed by atoms with E-state index in [1.807, 2.05) is 6.92 Å². The Kier molecular flexibility index (Phi) is 6.68. The standard InChI is InChI=1S/C26H34N2O7/c1-5-12-27(17-8-10-18(34-4)11-9-17)23(31)21-26-15-16(2)25(3,35-26)20(24(32)33)19(26)22(30)28(21)13-6-7-14-29/h5,8-11,16,19-21,29H,1,6-7,12-15H2,2-4H3,(H,32,33)/t16?,19-,20+,21?,25-,26?/m0/s1. The molecule has 3 aliphatic rings. The van der Waals surface area contributed by atoms with Gasteiger partial charge in [-0.3, -0.25) is 14.4 Å². The summed E-state index contributed by atoms with van der Waals surface area (Å²) in [5.41, 5.74) is -1.65. The number of aliphatic carboxylic acids is 1. The number of hydrogen-bond donors (Lipinski definition) is 2. The lowest BCUT2D eigenvalue weighted by Crippen LogP contribution is -2.57. The van der Waals surface area contributed by atoms with Crippen LogP contribution in [0.4, 0.5) is 5.69 Å². The maximum absolute atomic E-state index is 14.3. The van der Waals surface area contributed by atoms with E-state index in [2.05, 4.69) is 6.58 Å². The Bertz CT molecular complexity index is 1010. The molecule has 2 amide bonds. The van der Waals surface area contributed by atoms with Crippen molar-refractivity contribution in [3.8, 4) is 5.75 Å². The lowest BCUT2D eigenvalue weighted by Gasteiger charge is -2.37. The van der Waals surface area contributed by atoms with Gasteiger partial charge in [-0.25, -0.2) is 0 Å². The third-order valence-electron chi connectivity index (χ3n) is 8.08. The first-order chi connectivity index (χ1) is 16.7. The molecule has 0 radical (unpaired) electrons. The SMILES string of the molecule is C=CCN(C(=O)C1N(CCCCO)C(=O)[C@@H]2[C@H](C(=O)O)[C@@]3(C)OC12CC3C)c1ccc(OC)cc1. The quantitative estimate of drug-likeness (QED) is 0.384. The zero-order chi connectivity index (χ0) is 25.5. The summed E-state index contributed by atoms with van der Waals surface area (Å²) in [6.45, 7) is 7.88. The Balaban J connectivity index is 1.79. The van der Waals surface area contributed by atoms with Gasteiger partial charge in [-0.15, -0.1) is 6.58 Å². The number of aliphatic hydroxyl groups is 1. The number of aliphatic hydroxyl groups excluding tert-OH is 1. The Morgan fingerprint density at radius 3 is 2.57 bits per heavy atom. The monoisotopic (exact) mass is 486 g/mol. The summed E-state index contributed by atoms with van der Waals surface area (Å²) in [6.07, 6.45) is 2.99. The number of carboxylic acids is 1. The number of carboxylic acid groups (broad SMARTS) is 1. The topological polar surface area (TPSA) is 117 Å². The number of nitrogens with zero attached hydrogens (tertiary/aromatic N) is 2. The molecule has 4 rings (SSSR count). The van der Waals surface area contributed by atoms with Crippen molar-refractivity contribution in [3.63, 3.8) is 0 Å². The molecule has 0 saturated carbocycles. The number of likely N-dealkylation sites (tertiary alicyclic amines) is 1. The maximum atomic E-state index is 14.3. The molecule has 6 atom stereocenters. The van der Waals surface area contributed by atoms with E-state index >= 15 is 0 Å². The van der Waals surface area contributed by atoms with E-state index in [-0.39, 0.29) is 37.4 Å². The van der Waals surface area contributed by atoms with E-state index in [0.717, 1.165) is 0 Å². The Labute approximate surface area is 205 Å². The smallest absolute Gasteiger partial charge is 0.310 e. The van der Waals surface area contributed by atoms with Gasteiger partial charge in [-0.05, 0) is 56.4 Å². The Morgan fingerprint density at radius 1 is 1.31 bits per heavy atom. The van der Waals surface area contributed by atoms with Crippen molar-refractivity contribution in [2.45, 2.75) is 50.4 Å². The van der Waals surface area contributed by atoms with Crippen molar-refractivity contribution >= 4 is 23.5 Å². The van der Waals surface area contributed by atoms with Crippen LogP contribution in [0.15, 0.2) is 36.9 Å². The Morgan fingerprint density at radius 2 is 2.00 bits per heavy atom. The number of carbonyl (C=O) groups excluding carboxylic acids is 2. The number of methoxy groups -OCH3 is 1. The van der Waals surface area contributed by atoms with E-state index in [4.69, 9.17) is 9.47 Å². The molecule has 9 nitrogen and oxygen atoms in total. The van der Waals surface area contributed by atoms with Crippen molar-refractivity contribution in [1.29, 1.82) is 0 Å². The first-order valence-electron chi connectivity index (χ1n) is 12.1. The van der Waals surface area contributed by atoms with Crippen LogP contribution in [-0.2, 0) is 19.1 Å². The highest BCUT2D eigenvalue weighted by molar-refractivity contribution is 6.04. The van der Waals surface area contributed by atoms with Crippen LogP contribution in [0.2, 0.25) is 0 Å². The number of rotatable bonds is 10. The fourth-order valence-corrected chi connectivity index (χ4v) is 6.39. The second-order valence-corrected chi connectivity index (χ2v) is 9.94. The lowest BCUT2D eigenvalue weighted by atomic mass is 9.62. The molecule has 190 valence electrons. The fourth-order valence-electron chi connectivity index (χ4n) is 6.39. The number of anilines is 1. The number of benzene rings is 1. The van der Waals surface area contributed by atoms with Gasteiger partial charge in [0.15, 0.2) is 0 Å². The summed E-state index contributed by atoms with van der Waals surface area (Å²) in [6, 6.07) is 6.05. The minimum absolute atomic E-state index is 0.0347. The van der Waals surface area contributed by atoms with E-state index in [1.165, 1.54) is 4.90 Å². The molecule has 9 heteroatoms. The molecule has 2 N–H and O–H groups in total. The summed E-state index contributed by atoms with van der Waals surface area (Å²) in [5.74, 6) is -3.26. The van der Waals surface area contributed by atoms with Crippen LogP contribution in [-0.4, -0.2) is 76.9 Å². The number of unbranched alkanes of at least 4 members (excludes halogenated alkanes) is 1. The van der Waals surface area contributed by atoms with Gasteiger partial charge in [0.25, 0.3) is 5.91 Å². The lowest BCUT2D eigenvalue weighted by molar-refractivity contribution is -0.156. The molecule has 1 aromatic rings. The number of carbonyl (C=O) groups is 3. The Hall–Kier alpha value is -2.91. The highest BCUT2D eigenvalue weighted by atomic mass is 16.5. The predicted molar refractivity (Wildman–Crippen MR) is 128 cm³/mol. The van der Waals surface area contributed by atoms with Gasteiger partial charge >= 0.3 is 5.97 Å². The highest BCUT2D eigenvalue weighted by Gasteiger charge is 2.80. The van der Waals surface area contributed by atoms with Crippen LogP contribution in [0.25, 0.3) is 0 Å². The van der Waals surface area contributed by atoms with E-state index in [0.29, 0.717) is 30.7 Å². The number of fused-ring (bicyclic) bond motifs is 1. The molecule has 3 fully saturated rings. The molecule has 3 saturated heterocycles. The number of ether oxygens (including phenoxy) is 2. The van der Waals surface area contributed by atoms with Crippen molar-refractivity contribution in [3.05, 3.63) is 36.9 Å². The van der Waals surface area contributed by atoms with Crippen LogP contribution in [0.5, 0.6) is 5.75 Å². The van der Waals surface area contributed by atoms with Crippen LogP contribution >= 0.6 is 0 Å². The van der Waals surface area contributed by atoms with Gasteiger partial charge in [0.1, 0.15) is 23.3 Å². The first kappa shape index (κ1) is 25.2. The molecule has 1 aromatic carbocycles. The van der Waals surface area contributed by atoms with Crippen LogP contribution in [0, 0.1) is 17.8 Å². The molecular formula is C26H34N2O7. The number of amides is 2. The highest BCUT2D eigenvalue weighted by Crippen LogP contribution is 2.65. The summed E-state index contributed by atoms with van der Waals surface area (Å²) in [4.78, 5) is 43.5. The van der Waals surface area contributed by atoms with Crippen molar-refractivity contribution < 1.29 is 34.1 Å². The molecule has 3 aliphatic heterocycles. The van der Waals surface area contributed by atoms with Gasteiger partial charge in [0, 0.05) is 25.4 Å². The summed E-state index contributed by atoms with van der Waals surface area (Å²) >= 11 is 0. The third-order valence-corrected chi connectivity index (χ3v) is 8.08. The molecule has 3 heterocycles. The number of hydrogen-bond acceptors (Lipinski definition) is 6. The third kappa shape index (κ3) is 3.72. The average molecular weight is 487 g/mol. The normalized spacial score (nSPS) is 33.0. The molecule has 3 unspecified atom stereocenters. The van der Waals surface area contributed by atoms with Gasteiger partial charge in [-0.2, -0.15) is 0 Å². The molecule has 1 spiro atoms. The molecule has 0 aliphatic carbocycles. The summed E-state index contributed by atoms with van der Waals surface area (Å²) in [5, 5.41) is 19.4. The van der Waals surface area contributed by atoms with Crippen LogP contribution in [0.1, 0.15) is 33.1 Å². The largest absolute Gasteiger partial charge is 0.497 e. The van der Waals surface area contributed by atoms with Crippen LogP contribution in [0.3, 0.4) is 0 Å². The van der Waals surface area contributed by atoms with E-state index in [9.17, 15) is 24.6 Å². The van der Waals surface area contributed by atoms with E-state index in [1.54, 1.807) is 49.3 Å². The molecular weight excluding hydrogens is 452 g/mol. The zero-order valence-electron chi connectivity index (χ0n) is 20.5. The summed E-state index contributed by atoms with van der Waals surface area (Å²) < 4.78 is 11.7. The maximum Gasteiger partial charge on any atom is 0.310 e. The van der Waals surface area contributed by atoms with E-state index < -0.39 is 35.0 Å². The van der Waals surface area contributed by atoms with Gasteiger partial charge < -0.3 is 29.5 Å². The predicted octanol–water partition coefficient (Wildman–Crippen LogP) is 2.08. The molecule has 2 bridgehead atoms. The average Bonchev–Trinajstić information content (AvgIpc) is 3.34. The van der Waals surface area contributed by atoms with Gasteiger partial charge in [-0.1, -0.05) is 13.0 Å². The van der Waals surface area contributed by atoms with Gasteiger partial charge in [0.2, 0.25) is 5.91 Å². The summed E-state index contributed by atoms with van der Waals surface area (Å²) in [7, 11) is 1.56. The second kappa shape index (κ2) is 9.28. The van der Waals surface area contributed by atoms with Crippen molar-refractivity contribution in [2.75, 3.05) is 31.7 Å². The fraction of sp³-hybridized carbons (Fsp3) is 0.577. The van der Waals surface area contributed by atoms with Crippen molar-refractivity contribution in [1.82, 2.24) is 4.90 Å². The van der Waals surface area contributed by atoms with Crippen LogP contribution < -0.4 is 9.64 Å². The second-order valence-electron chi connectivity index (χ2n) is 9.94. The zero-order valence-corrected chi connectivity index (χ0v) is 20.5. The minimum Gasteiger partial charge on any atom is -0.497 e. The molecule has 0 aromatic heterocycles. The van der Waals surface area contributed by atoms with Gasteiger partial charge in [0.05, 0.1) is 18.6 Å². The first-order valence-corrected chi connectivity index (χ1v) is 12.1. The van der Waals surface area contributed by atoms with Crippen molar-refractivity contribution in [2.24, 2.45) is 17.8 Å². The molecule has 35 heavy (non-hydrogen) atoms.